The van der Waals surface area contributed by atoms with Crippen molar-refractivity contribution in [3.63, 3.8) is 0 Å². The maximum absolute atomic E-state index is 13.2. The number of rotatable bonds is 2. The molecule has 4 fully saturated rings. The first-order valence-electron chi connectivity index (χ1n) is 8.87. The molecule has 6 rings (SSSR count). The number of carbonyl (C=O) groups excluding carboxylic acids is 1. The highest BCUT2D eigenvalue weighted by atomic mass is 32.1. The summed E-state index contributed by atoms with van der Waals surface area (Å²) in [6.45, 7) is 0. The van der Waals surface area contributed by atoms with E-state index >= 15 is 0 Å². The van der Waals surface area contributed by atoms with E-state index in [0.29, 0.717) is 0 Å². The molecule has 2 atom stereocenters. The van der Waals surface area contributed by atoms with Gasteiger partial charge in [0.25, 0.3) is 0 Å². The largest absolute Gasteiger partial charge is 0.301 e. The van der Waals surface area contributed by atoms with Gasteiger partial charge in [-0.05, 0) is 62.0 Å². The smallest absolute Gasteiger partial charge is 0.232 e. The molecule has 0 saturated heterocycles. The Balaban J connectivity index is 1.43. The molecule has 0 radical (unpaired) electrons. The van der Waals surface area contributed by atoms with Crippen molar-refractivity contribution >= 4 is 32.6 Å². The molecular formula is C19H22N2OS. The van der Waals surface area contributed by atoms with Crippen LogP contribution in [-0.2, 0) is 4.79 Å². The minimum Gasteiger partial charge on any atom is -0.301 e. The first-order valence-corrected chi connectivity index (χ1v) is 9.69. The van der Waals surface area contributed by atoms with Crippen LogP contribution in [0.25, 0.3) is 10.2 Å². The van der Waals surface area contributed by atoms with Gasteiger partial charge in [-0.1, -0.05) is 36.3 Å². The van der Waals surface area contributed by atoms with Crippen LogP contribution in [0.3, 0.4) is 0 Å². The number of amides is 1. The van der Waals surface area contributed by atoms with Crippen molar-refractivity contribution in [1.29, 1.82) is 0 Å². The Morgan fingerprint density at radius 1 is 1.09 bits per heavy atom. The summed E-state index contributed by atoms with van der Waals surface area (Å²) >= 11 is 1.59. The van der Waals surface area contributed by atoms with Crippen molar-refractivity contribution in [2.45, 2.75) is 44.9 Å². The lowest BCUT2D eigenvalue weighted by Gasteiger charge is -2.46. The van der Waals surface area contributed by atoms with E-state index in [4.69, 9.17) is 0 Å². The fraction of sp³-hybridized carbons (Fsp3) is 0.579. The lowest BCUT2D eigenvalue weighted by Crippen LogP contribution is -2.45. The zero-order valence-corrected chi connectivity index (χ0v) is 14.1. The number of thiazole rings is 1. The summed E-state index contributed by atoms with van der Waals surface area (Å²) < 4.78 is 1.14. The Hall–Kier alpha value is -1.42. The Bertz CT molecular complexity index is 719. The van der Waals surface area contributed by atoms with Crippen LogP contribution in [0, 0.1) is 23.2 Å². The maximum atomic E-state index is 13.2. The Morgan fingerprint density at radius 2 is 1.78 bits per heavy atom. The summed E-state index contributed by atoms with van der Waals surface area (Å²) in [7, 11) is 0. The van der Waals surface area contributed by atoms with Gasteiger partial charge in [-0.25, -0.2) is 4.98 Å². The fourth-order valence-electron chi connectivity index (χ4n) is 5.62. The Morgan fingerprint density at radius 3 is 2.52 bits per heavy atom. The van der Waals surface area contributed by atoms with Gasteiger partial charge in [0.2, 0.25) is 5.91 Å². The molecule has 1 aromatic carbocycles. The Labute approximate surface area is 140 Å². The van der Waals surface area contributed by atoms with Crippen LogP contribution in [0.15, 0.2) is 24.3 Å². The third-order valence-corrected chi connectivity index (χ3v) is 7.30. The van der Waals surface area contributed by atoms with Crippen LogP contribution in [0.1, 0.15) is 44.9 Å². The molecular weight excluding hydrogens is 304 g/mol. The van der Waals surface area contributed by atoms with Gasteiger partial charge in [0.05, 0.1) is 15.6 Å². The van der Waals surface area contributed by atoms with E-state index in [9.17, 15) is 4.79 Å². The fourth-order valence-corrected chi connectivity index (χ4v) is 6.49. The van der Waals surface area contributed by atoms with Gasteiger partial charge in [-0.3, -0.25) is 4.79 Å². The highest BCUT2D eigenvalue weighted by molar-refractivity contribution is 7.22. The molecule has 4 aliphatic carbocycles. The zero-order valence-electron chi connectivity index (χ0n) is 13.3. The predicted molar refractivity (Wildman–Crippen MR) is 93.5 cm³/mol. The van der Waals surface area contributed by atoms with E-state index in [1.807, 2.05) is 18.2 Å². The highest BCUT2D eigenvalue weighted by Gasteiger charge is 2.52. The van der Waals surface area contributed by atoms with E-state index < -0.39 is 0 Å². The molecule has 3 nitrogen and oxygen atoms in total. The van der Waals surface area contributed by atoms with Crippen LogP contribution in [0.2, 0.25) is 0 Å². The van der Waals surface area contributed by atoms with E-state index in [0.717, 1.165) is 52.4 Å². The molecule has 4 bridgehead atoms. The van der Waals surface area contributed by atoms with Gasteiger partial charge in [-0.2, -0.15) is 0 Å². The molecule has 1 aromatic heterocycles. The average Bonchev–Trinajstić information content (AvgIpc) is 2.82. The average molecular weight is 326 g/mol. The molecule has 1 N–H and O–H groups in total. The molecule has 1 amide bonds. The van der Waals surface area contributed by atoms with Crippen molar-refractivity contribution in [1.82, 2.24) is 4.98 Å². The third kappa shape index (κ3) is 2.30. The van der Waals surface area contributed by atoms with E-state index in [1.54, 1.807) is 11.3 Å². The highest BCUT2D eigenvalue weighted by Crippen LogP contribution is 2.58. The van der Waals surface area contributed by atoms with Gasteiger partial charge in [0.1, 0.15) is 0 Å². The Kier molecular flexibility index (Phi) is 3.06. The van der Waals surface area contributed by atoms with Gasteiger partial charge >= 0.3 is 0 Å². The molecule has 4 heteroatoms. The van der Waals surface area contributed by atoms with Crippen LogP contribution in [0.5, 0.6) is 0 Å². The van der Waals surface area contributed by atoms with Crippen molar-refractivity contribution < 1.29 is 4.79 Å². The summed E-state index contributed by atoms with van der Waals surface area (Å²) in [5.41, 5.74) is 0.876. The first-order chi connectivity index (χ1) is 11.2. The van der Waals surface area contributed by atoms with Crippen LogP contribution < -0.4 is 5.32 Å². The SMILES string of the molecule is O=C(Nc1nc2ccccc2s1)C12CC3C[C@@H](CC[C@H](C3)C1)C2. The van der Waals surface area contributed by atoms with Crippen LogP contribution in [-0.4, -0.2) is 10.9 Å². The molecule has 0 spiro atoms. The second kappa shape index (κ2) is 5.04. The molecule has 0 aliphatic heterocycles. The number of anilines is 1. The number of aromatic nitrogens is 1. The minimum atomic E-state index is -0.106. The minimum absolute atomic E-state index is 0.106. The number of para-hydroxylation sites is 1. The number of benzene rings is 1. The normalized spacial score (nSPS) is 35.4. The monoisotopic (exact) mass is 326 g/mol. The van der Waals surface area contributed by atoms with Gasteiger partial charge in [-0.15, -0.1) is 0 Å². The second-order valence-corrected chi connectivity index (χ2v) is 9.01. The number of nitrogens with zero attached hydrogens (tertiary/aromatic N) is 1. The molecule has 120 valence electrons. The molecule has 4 saturated carbocycles. The molecule has 4 aliphatic rings. The van der Waals surface area contributed by atoms with E-state index in [-0.39, 0.29) is 11.3 Å². The number of nitrogens with one attached hydrogen (secondary N) is 1. The van der Waals surface area contributed by atoms with Crippen LogP contribution in [0.4, 0.5) is 5.13 Å². The zero-order chi connectivity index (χ0) is 15.4. The molecule has 1 heterocycles. The van der Waals surface area contributed by atoms with Gasteiger partial charge < -0.3 is 5.32 Å². The lowest BCUT2D eigenvalue weighted by atomic mass is 9.58. The molecule has 0 unspecified atom stereocenters. The van der Waals surface area contributed by atoms with Crippen molar-refractivity contribution in [3.05, 3.63) is 24.3 Å². The first kappa shape index (κ1) is 14.0. The third-order valence-electron chi connectivity index (χ3n) is 6.35. The van der Waals surface area contributed by atoms with Crippen molar-refractivity contribution in [2.24, 2.45) is 23.2 Å². The quantitative estimate of drug-likeness (QED) is 0.858. The van der Waals surface area contributed by atoms with Crippen molar-refractivity contribution in [2.75, 3.05) is 5.32 Å². The van der Waals surface area contributed by atoms with Crippen LogP contribution >= 0.6 is 11.3 Å². The number of fused-ring (bicyclic) bond motifs is 2. The maximum Gasteiger partial charge on any atom is 0.232 e. The summed E-state index contributed by atoms with van der Waals surface area (Å²) in [5.74, 6) is 2.60. The van der Waals surface area contributed by atoms with E-state index in [1.165, 1.54) is 25.7 Å². The number of hydrogen-bond acceptors (Lipinski definition) is 3. The van der Waals surface area contributed by atoms with E-state index in [2.05, 4.69) is 16.4 Å². The van der Waals surface area contributed by atoms with Crippen molar-refractivity contribution in [3.8, 4) is 0 Å². The summed E-state index contributed by atoms with van der Waals surface area (Å²) in [6.07, 6.45) is 8.75. The van der Waals surface area contributed by atoms with Gasteiger partial charge in [0.15, 0.2) is 5.13 Å². The number of hydrogen-bond donors (Lipinski definition) is 1. The summed E-state index contributed by atoms with van der Waals surface area (Å²) in [5, 5.41) is 3.95. The molecule has 23 heavy (non-hydrogen) atoms. The predicted octanol–water partition coefficient (Wildman–Crippen LogP) is 4.84. The summed E-state index contributed by atoms with van der Waals surface area (Å²) in [4.78, 5) is 17.7. The molecule has 2 aromatic rings. The van der Waals surface area contributed by atoms with Gasteiger partial charge in [0, 0.05) is 0 Å². The second-order valence-electron chi connectivity index (χ2n) is 7.98. The standard InChI is InChI=1S/C19H22N2OS/c22-17(21-18-20-15-3-1-2-4-16(15)23-18)19-9-12-5-6-13(10-19)8-14(7-12)11-19/h1-4,12-14H,5-11H2,(H,20,21,22)/t12-,13-,14?,19?/m1/s1. The summed E-state index contributed by atoms with van der Waals surface area (Å²) in [6, 6.07) is 8.10. The topological polar surface area (TPSA) is 42.0 Å². The lowest BCUT2D eigenvalue weighted by molar-refractivity contribution is -0.132. The number of carbonyl (C=O) groups is 1.